The van der Waals surface area contributed by atoms with Gasteiger partial charge in [-0.05, 0) is 49.2 Å². The van der Waals surface area contributed by atoms with Crippen LogP contribution in [0.1, 0.15) is 43.8 Å². The van der Waals surface area contributed by atoms with Gasteiger partial charge in [-0.1, -0.05) is 31.4 Å². The molecule has 0 saturated heterocycles. The first-order valence-corrected chi connectivity index (χ1v) is 12.2. The summed E-state index contributed by atoms with van der Waals surface area (Å²) in [5.74, 6) is 2.04. The molecule has 0 N–H and O–H groups in total. The highest BCUT2D eigenvalue weighted by Gasteiger charge is 2.29. The zero-order valence-electron chi connectivity index (χ0n) is 18.1. The Kier molecular flexibility index (Phi) is 5.21. The highest BCUT2D eigenvalue weighted by atomic mass is 32.2. The Hall–Kier alpha value is -3.20. The van der Waals surface area contributed by atoms with Crippen molar-refractivity contribution in [3.63, 3.8) is 0 Å². The van der Waals surface area contributed by atoms with Crippen LogP contribution in [0.5, 0.6) is 5.75 Å². The lowest BCUT2D eigenvalue weighted by Crippen LogP contribution is -2.28. The Morgan fingerprint density at radius 1 is 1.00 bits per heavy atom. The van der Waals surface area contributed by atoms with E-state index in [1.807, 2.05) is 28.7 Å². The smallest absolute Gasteiger partial charge is 0.265 e. The van der Waals surface area contributed by atoms with E-state index in [9.17, 15) is 8.42 Å². The summed E-state index contributed by atoms with van der Waals surface area (Å²) in [4.78, 5) is 4.84. The van der Waals surface area contributed by atoms with Gasteiger partial charge >= 0.3 is 0 Å². The Morgan fingerprint density at radius 2 is 1.72 bits per heavy atom. The van der Waals surface area contributed by atoms with Crippen molar-refractivity contribution >= 4 is 32.5 Å². The van der Waals surface area contributed by atoms with E-state index in [1.165, 1.54) is 42.7 Å². The molecule has 0 unspecified atom stereocenters. The van der Waals surface area contributed by atoms with Gasteiger partial charge in [0.15, 0.2) is 5.82 Å². The normalized spacial score (nSPS) is 15.3. The second kappa shape index (κ2) is 8.05. The fourth-order valence-electron chi connectivity index (χ4n) is 4.45. The maximum Gasteiger partial charge on any atom is 0.265 e. The van der Waals surface area contributed by atoms with Crippen LogP contribution in [-0.4, -0.2) is 42.2 Å². The van der Waals surface area contributed by atoms with Crippen molar-refractivity contribution in [2.75, 3.05) is 18.5 Å². The molecule has 166 valence electrons. The highest BCUT2D eigenvalue weighted by molar-refractivity contribution is 7.92. The number of anilines is 1. The van der Waals surface area contributed by atoms with Crippen LogP contribution < -0.4 is 9.04 Å². The largest absolute Gasteiger partial charge is 0.497 e. The molecule has 9 heteroatoms. The maximum absolute atomic E-state index is 13.4. The molecule has 1 aliphatic carbocycles. The lowest BCUT2D eigenvalue weighted by molar-refractivity contribution is 0.414. The molecule has 0 aliphatic heterocycles. The van der Waals surface area contributed by atoms with E-state index in [4.69, 9.17) is 4.74 Å². The Balaban J connectivity index is 1.68. The standard InChI is InChI=1S/C23H25N5O3S/c1-27(32(29,30)18-14-12-17(31-2)13-15-18)22-23-26-25-21(16-8-4-3-5-9-16)28(23)20-11-7-6-10-19(20)24-22/h6-7,10-16H,3-5,8-9H2,1-2H3. The van der Waals surface area contributed by atoms with Crippen LogP contribution in [0.2, 0.25) is 0 Å². The fourth-order valence-corrected chi connectivity index (χ4v) is 5.59. The minimum Gasteiger partial charge on any atom is -0.497 e. The van der Waals surface area contributed by atoms with Crippen LogP contribution in [-0.2, 0) is 10.0 Å². The fraction of sp³-hybridized carbons (Fsp3) is 0.348. The predicted octanol–water partition coefficient (Wildman–Crippen LogP) is 4.16. The number of methoxy groups -OCH3 is 1. The summed E-state index contributed by atoms with van der Waals surface area (Å²) in [6.45, 7) is 0. The van der Waals surface area contributed by atoms with E-state index in [0.717, 1.165) is 24.2 Å². The number of hydrogen-bond acceptors (Lipinski definition) is 6. The number of benzene rings is 2. The molecule has 4 aromatic rings. The maximum atomic E-state index is 13.4. The Labute approximate surface area is 186 Å². The van der Waals surface area contributed by atoms with Crippen molar-refractivity contribution in [2.45, 2.75) is 42.9 Å². The van der Waals surface area contributed by atoms with Crippen LogP contribution in [0.3, 0.4) is 0 Å². The minimum absolute atomic E-state index is 0.154. The molecule has 0 radical (unpaired) electrons. The molecule has 0 bridgehead atoms. The topological polar surface area (TPSA) is 89.7 Å². The molecule has 1 saturated carbocycles. The van der Waals surface area contributed by atoms with E-state index >= 15 is 0 Å². The lowest BCUT2D eigenvalue weighted by Gasteiger charge is -2.22. The number of rotatable bonds is 5. The van der Waals surface area contributed by atoms with Gasteiger partial charge in [0.25, 0.3) is 10.0 Å². The number of para-hydroxylation sites is 2. The summed E-state index contributed by atoms with van der Waals surface area (Å²) in [6, 6.07) is 14.0. The van der Waals surface area contributed by atoms with Crippen LogP contribution in [0.15, 0.2) is 53.4 Å². The average molecular weight is 452 g/mol. The SMILES string of the molecule is COc1ccc(S(=O)(=O)N(C)c2nc3ccccc3n3c(C4CCCCC4)nnc23)cc1. The molecule has 2 aromatic carbocycles. The molecular formula is C23H25N5O3S. The van der Waals surface area contributed by atoms with Gasteiger partial charge in [0.2, 0.25) is 5.65 Å². The summed E-state index contributed by atoms with van der Waals surface area (Å²) < 4.78 is 35.2. The number of nitrogens with zero attached hydrogens (tertiary/aromatic N) is 5. The van der Waals surface area contributed by atoms with Gasteiger partial charge in [-0.2, -0.15) is 0 Å². The molecule has 1 aliphatic rings. The predicted molar refractivity (Wildman–Crippen MR) is 123 cm³/mol. The van der Waals surface area contributed by atoms with Crippen LogP contribution in [0.4, 0.5) is 5.82 Å². The first-order chi connectivity index (χ1) is 15.5. The summed E-state index contributed by atoms with van der Waals surface area (Å²) in [7, 11) is -0.811. The number of aromatic nitrogens is 4. The van der Waals surface area contributed by atoms with Gasteiger partial charge in [-0.3, -0.25) is 4.40 Å². The molecule has 1 fully saturated rings. The third kappa shape index (κ3) is 3.37. The van der Waals surface area contributed by atoms with Crippen LogP contribution >= 0.6 is 0 Å². The molecule has 8 nitrogen and oxygen atoms in total. The minimum atomic E-state index is -3.86. The molecule has 0 spiro atoms. The van der Waals surface area contributed by atoms with E-state index in [0.29, 0.717) is 22.8 Å². The number of sulfonamides is 1. The van der Waals surface area contributed by atoms with E-state index in [2.05, 4.69) is 15.2 Å². The molecule has 0 amide bonds. The third-order valence-corrected chi connectivity index (χ3v) is 7.99. The van der Waals surface area contributed by atoms with E-state index in [1.54, 1.807) is 19.2 Å². The van der Waals surface area contributed by atoms with Gasteiger partial charge in [-0.15, -0.1) is 10.2 Å². The molecule has 2 heterocycles. The molecule has 5 rings (SSSR count). The van der Waals surface area contributed by atoms with E-state index in [-0.39, 0.29) is 10.7 Å². The van der Waals surface area contributed by atoms with Crippen LogP contribution in [0, 0.1) is 0 Å². The zero-order chi connectivity index (χ0) is 22.3. The second-order valence-electron chi connectivity index (χ2n) is 8.12. The summed E-state index contributed by atoms with van der Waals surface area (Å²) in [6.07, 6.45) is 5.70. The molecule has 32 heavy (non-hydrogen) atoms. The van der Waals surface area contributed by atoms with Crippen molar-refractivity contribution in [1.82, 2.24) is 19.6 Å². The summed E-state index contributed by atoms with van der Waals surface area (Å²) in [5, 5.41) is 8.95. The Morgan fingerprint density at radius 3 is 2.44 bits per heavy atom. The van der Waals surface area contributed by atoms with Crippen molar-refractivity contribution in [2.24, 2.45) is 0 Å². The van der Waals surface area contributed by atoms with Crippen molar-refractivity contribution in [3.05, 3.63) is 54.4 Å². The summed E-state index contributed by atoms with van der Waals surface area (Å²) in [5.41, 5.74) is 2.03. The number of ether oxygens (including phenoxy) is 1. The summed E-state index contributed by atoms with van der Waals surface area (Å²) >= 11 is 0. The first kappa shape index (κ1) is 20.7. The number of hydrogen-bond donors (Lipinski definition) is 0. The molecular weight excluding hydrogens is 426 g/mol. The Bertz CT molecular complexity index is 1380. The van der Waals surface area contributed by atoms with Crippen molar-refractivity contribution in [1.29, 1.82) is 0 Å². The van der Waals surface area contributed by atoms with Gasteiger partial charge in [0.05, 0.1) is 23.0 Å². The van der Waals surface area contributed by atoms with Crippen LogP contribution in [0.25, 0.3) is 16.7 Å². The lowest BCUT2D eigenvalue weighted by atomic mass is 9.89. The van der Waals surface area contributed by atoms with Gasteiger partial charge < -0.3 is 4.74 Å². The monoisotopic (exact) mass is 451 g/mol. The quantitative estimate of drug-likeness (QED) is 0.453. The van der Waals surface area contributed by atoms with Gasteiger partial charge in [0.1, 0.15) is 11.6 Å². The third-order valence-electron chi connectivity index (χ3n) is 6.22. The number of fused-ring (bicyclic) bond motifs is 3. The van der Waals surface area contributed by atoms with Crippen molar-refractivity contribution in [3.8, 4) is 5.75 Å². The van der Waals surface area contributed by atoms with Gasteiger partial charge in [0, 0.05) is 13.0 Å². The average Bonchev–Trinajstić information content (AvgIpc) is 3.29. The van der Waals surface area contributed by atoms with E-state index < -0.39 is 10.0 Å². The molecule has 0 atom stereocenters. The molecule has 2 aromatic heterocycles. The van der Waals surface area contributed by atoms with Crippen molar-refractivity contribution < 1.29 is 13.2 Å². The second-order valence-corrected chi connectivity index (χ2v) is 10.1. The van der Waals surface area contributed by atoms with Gasteiger partial charge in [-0.25, -0.2) is 17.7 Å². The zero-order valence-corrected chi connectivity index (χ0v) is 18.9. The first-order valence-electron chi connectivity index (χ1n) is 10.8. The highest BCUT2D eigenvalue weighted by Crippen LogP contribution is 2.35.